The second kappa shape index (κ2) is 6.81. The Bertz CT molecular complexity index is 1780. The Morgan fingerprint density at radius 3 is 1.58 bits per heavy atom. The molecule has 5 aromatic carbocycles. The van der Waals surface area contributed by atoms with Gasteiger partial charge >= 0.3 is 0 Å². The third kappa shape index (κ3) is 2.37. The highest BCUT2D eigenvalue weighted by Crippen LogP contribution is 2.54. The van der Waals surface area contributed by atoms with Crippen LogP contribution >= 0.6 is 0 Å². The molecule has 4 nitrogen and oxygen atoms in total. The van der Waals surface area contributed by atoms with E-state index in [4.69, 9.17) is 14.2 Å². The van der Waals surface area contributed by atoms with Crippen LogP contribution in [0.4, 0.5) is 17.1 Å². The topological polar surface area (TPSA) is 30.9 Å². The van der Waals surface area contributed by atoms with Gasteiger partial charge in [0, 0.05) is 21.8 Å². The summed E-state index contributed by atoms with van der Waals surface area (Å²) in [5, 5.41) is 0. The number of fused-ring (bicyclic) bond motifs is 2. The van der Waals surface area contributed by atoms with E-state index in [2.05, 4.69) is 79.4 Å². The summed E-state index contributed by atoms with van der Waals surface area (Å²) in [5.74, 6) is 5.03. The van der Waals surface area contributed by atoms with Crippen LogP contribution in [0.5, 0.6) is 34.5 Å². The van der Waals surface area contributed by atoms with Crippen molar-refractivity contribution in [3.05, 3.63) is 108 Å². The minimum absolute atomic E-state index is 0.0136. The third-order valence-corrected chi connectivity index (χ3v) is 8.58. The molecule has 0 fully saturated rings. The van der Waals surface area contributed by atoms with Crippen molar-refractivity contribution in [1.82, 2.24) is 0 Å². The molecule has 0 atom stereocenters. The maximum absolute atomic E-state index is 6.81. The molecule has 4 aliphatic rings. The summed E-state index contributed by atoms with van der Waals surface area (Å²) in [7, 11) is 0. The molecule has 4 heterocycles. The van der Waals surface area contributed by atoms with E-state index in [-0.39, 0.29) is 12.1 Å². The van der Waals surface area contributed by atoms with E-state index >= 15 is 0 Å². The van der Waals surface area contributed by atoms with Gasteiger partial charge in [-0.2, -0.15) is 0 Å². The molecule has 0 saturated heterocycles. The smallest absolute Gasteiger partial charge is 0.270 e. The monoisotopic (exact) mass is 491 g/mol. The molecule has 0 aliphatic carbocycles. The highest BCUT2D eigenvalue weighted by atomic mass is 16.5. The van der Waals surface area contributed by atoms with Gasteiger partial charge < -0.3 is 19.1 Å². The van der Waals surface area contributed by atoms with Crippen molar-refractivity contribution >= 4 is 40.2 Å². The summed E-state index contributed by atoms with van der Waals surface area (Å²) >= 11 is 0. The largest absolute Gasteiger partial charge is 0.458 e. The summed E-state index contributed by atoms with van der Waals surface area (Å²) in [4.78, 5) is 2.36. The van der Waals surface area contributed by atoms with Crippen molar-refractivity contribution in [2.75, 3.05) is 4.90 Å². The highest BCUT2D eigenvalue weighted by molar-refractivity contribution is 6.99. The number of anilines is 3. The molecular weight excluding hydrogens is 469 g/mol. The molecule has 0 radical (unpaired) electrons. The minimum atomic E-state index is -0.130. The van der Waals surface area contributed by atoms with Crippen LogP contribution in [0, 0.1) is 0 Å². The molecule has 5 heteroatoms. The zero-order chi connectivity index (χ0) is 25.2. The van der Waals surface area contributed by atoms with E-state index in [1.807, 2.05) is 36.4 Å². The summed E-state index contributed by atoms with van der Waals surface area (Å²) < 4.78 is 19.6. The first-order valence-electron chi connectivity index (χ1n) is 13.1. The number of hydrogen-bond donors (Lipinski definition) is 0. The first kappa shape index (κ1) is 20.4. The Morgan fingerprint density at radius 2 is 1.00 bits per heavy atom. The molecule has 0 amide bonds. The molecular formula is C33H22BNO3. The van der Waals surface area contributed by atoms with Gasteiger partial charge in [0.05, 0.1) is 17.1 Å². The molecule has 0 spiro atoms. The Labute approximate surface area is 221 Å². The van der Waals surface area contributed by atoms with Crippen molar-refractivity contribution in [3.8, 4) is 34.5 Å². The lowest BCUT2D eigenvalue weighted by Crippen LogP contribution is -2.59. The average Bonchev–Trinajstić information content (AvgIpc) is 2.94. The third-order valence-electron chi connectivity index (χ3n) is 8.58. The van der Waals surface area contributed by atoms with Gasteiger partial charge in [0.2, 0.25) is 0 Å². The molecule has 4 aliphatic heterocycles. The SMILES string of the molecule is CC1(C)c2ccccc2N(c2ccc3c4c2Oc2cccc5c2B4c2c(cccc2O3)O5)c2ccccc21. The van der Waals surface area contributed by atoms with Gasteiger partial charge in [-0.3, -0.25) is 0 Å². The average molecular weight is 491 g/mol. The Hall–Kier alpha value is -4.64. The van der Waals surface area contributed by atoms with Crippen LogP contribution in [-0.2, 0) is 5.41 Å². The fraction of sp³-hybridized carbons (Fsp3) is 0.0909. The predicted octanol–water partition coefficient (Wildman–Crippen LogP) is 6.63. The van der Waals surface area contributed by atoms with Crippen LogP contribution in [0.15, 0.2) is 97.1 Å². The second-order valence-electron chi connectivity index (χ2n) is 10.9. The van der Waals surface area contributed by atoms with Crippen molar-refractivity contribution < 1.29 is 14.2 Å². The second-order valence-corrected chi connectivity index (χ2v) is 10.9. The van der Waals surface area contributed by atoms with Crippen molar-refractivity contribution in [2.45, 2.75) is 19.3 Å². The van der Waals surface area contributed by atoms with Crippen LogP contribution in [0.25, 0.3) is 0 Å². The lowest BCUT2D eigenvalue weighted by molar-refractivity contribution is 0.443. The highest BCUT2D eigenvalue weighted by Gasteiger charge is 2.48. The molecule has 0 bridgehead atoms. The first-order valence-corrected chi connectivity index (χ1v) is 13.1. The quantitative estimate of drug-likeness (QED) is 0.241. The van der Waals surface area contributed by atoms with E-state index in [9.17, 15) is 0 Å². The summed E-state index contributed by atoms with van der Waals surface area (Å²) in [5.41, 5.74) is 8.99. The lowest BCUT2D eigenvalue weighted by atomic mass is 9.34. The standard InChI is InChI=1S/C33H22BNO3/c1-33(2)19-9-3-5-11-21(19)35(22-12-6-4-10-20(22)33)23-17-18-28-31-32(23)38-27-16-8-15-26-30(27)34(31)29-24(36-26)13-7-14-25(29)37-28/h3-18H,1-2H3. The number of nitrogens with zero attached hydrogens (tertiary/aromatic N) is 1. The van der Waals surface area contributed by atoms with Crippen LogP contribution in [-0.4, -0.2) is 6.71 Å². The van der Waals surface area contributed by atoms with Gasteiger partial charge in [-0.05, 0) is 59.7 Å². The van der Waals surface area contributed by atoms with Crippen molar-refractivity contribution in [1.29, 1.82) is 0 Å². The van der Waals surface area contributed by atoms with Gasteiger partial charge in [-0.1, -0.05) is 62.4 Å². The predicted molar refractivity (Wildman–Crippen MR) is 151 cm³/mol. The Balaban J connectivity index is 1.36. The van der Waals surface area contributed by atoms with E-state index in [1.54, 1.807) is 0 Å². The van der Waals surface area contributed by atoms with Gasteiger partial charge in [0.15, 0.2) is 0 Å². The Kier molecular flexibility index (Phi) is 3.66. The van der Waals surface area contributed by atoms with E-state index in [1.165, 1.54) is 22.5 Å². The van der Waals surface area contributed by atoms with Crippen LogP contribution in [0.2, 0.25) is 0 Å². The lowest BCUT2D eigenvalue weighted by Gasteiger charge is -2.44. The van der Waals surface area contributed by atoms with E-state index in [0.29, 0.717) is 0 Å². The number of ether oxygens (including phenoxy) is 3. The molecule has 0 saturated carbocycles. The molecule has 5 aromatic rings. The van der Waals surface area contributed by atoms with E-state index < -0.39 is 0 Å². The van der Waals surface area contributed by atoms with Crippen LogP contribution < -0.4 is 35.5 Å². The zero-order valence-corrected chi connectivity index (χ0v) is 21.0. The number of benzene rings is 5. The minimum Gasteiger partial charge on any atom is -0.458 e. The normalized spacial score (nSPS) is 15.8. The maximum Gasteiger partial charge on any atom is 0.270 e. The van der Waals surface area contributed by atoms with Gasteiger partial charge in [-0.15, -0.1) is 0 Å². The molecule has 0 aromatic heterocycles. The number of hydrogen-bond acceptors (Lipinski definition) is 4. The molecule has 0 unspecified atom stereocenters. The summed E-state index contributed by atoms with van der Waals surface area (Å²) in [6.45, 7) is 4.60. The Morgan fingerprint density at radius 1 is 0.500 bits per heavy atom. The van der Waals surface area contributed by atoms with Gasteiger partial charge in [0.25, 0.3) is 6.71 Å². The zero-order valence-electron chi connectivity index (χ0n) is 21.0. The summed E-state index contributed by atoms with van der Waals surface area (Å²) in [6, 6.07) is 33.8. The molecule has 0 N–H and O–H groups in total. The van der Waals surface area contributed by atoms with E-state index in [0.717, 1.165) is 56.6 Å². The maximum atomic E-state index is 6.81. The van der Waals surface area contributed by atoms with Gasteiger partial charge in [0.1, 0.15) is 34.5 Å². The van der Waals surface area contributed by atoms with Crippen LogP contribution in [0.1, 0.15) is 25.0 Å². The summed E-state index contributed by atoms with van der Waals surface area (Å²) in [6.07, 6.45) is 0. The fourth-order valence-electron chi connectivity index (χ4n) is 6.90. The molecule has 180 valence electrons. The molecule has 38 heavy (non-hydrogen) atoms. The van der Waals surface area contributed by atoms with Crippen LogP contribution in [0.3, 0.4) is 0 Å². The first-order chi connectivity index (χ1) is 18.6. The van der Waals surface area contributed by atoms with Crippen molar-refractivity contribution in [2.24, 2.45) is 0 Å². The fourth-order valence-corrected chi connectivity index (χ4v) is 6.90. The van der Waals surface area contributed by atoms with Gasteiger partial charge in [-0.25, -0.2) is 0 Å². The molecule has 9 rings (SSSR count). The number of para-hydroxylation sites is 2. The number of rotatable bonds is 1. The van der Waals surface area contributed by atoms with Crippen molar-refractivity contribution in [3.63, 3.8) is 0 Å².